The fourth-order valence-electron chi connectivity index (χ4n) is 3.29. The minimum absolute atomic E-state index is 0.132. The van der Waals surface area contributed by atoms with E-state index in [1.807, 2.05) is 0 Å². The second kappa shape index (κ2) is 7.41. The van der Waals surface area contributed by atoms with Crippen LogP contribution in [0.5, 0.6) is 0 Å². The summed E-state index contributed by atoms with van der Waals surface area (Å²) in [5.41, 5.74) is 2.31. The van der Waals surface area contributed by atoms with E-state index in [0.29, 0.717) is 33.5 Å². The Bertz CT molecular complexity index is 1190. The standard InChI is InChI=1S/C19H15ClN4O4S/c1-11-14(6-3-7-17(11)24(26)27)19(25)21-18-15-9-29(28)10-16(15)22-23(18)13-5-2-4-12(20)8-13/h2-8H,9-10H2,1H3,(H,21,25). The molecule has 1 aliphatic rings. The third kappa shape index (κ3) is 3.54. The van der Waals surface area contributed by atoms with Gasteiger partial charge in [-0.3, -0.25) is 19.1 Å². The summed E-state index contributed by atoms with van der Waals surface area (Å²) in [5.74, 6) is 0.472. The fourth-order valence-corrected chi connectivity index (χ4v) is 4.74. The number of aromatic nitrogens is 2. The second-order valence-corrected chi connectivity index (χ2v) is 8.45. The smallest absolute Gasteiger partial charge is 0.273 e. The Morgan fingerprint density at radius 1 is 1.28 bits per heavy atom. The van der Waals surface area contributed by atoms with Crippen LogP contribution < -0.4 is 5.32 Å². The predicted molar refractivity (Wildman–Crippen MR) is 110 cm³/mol. The number of hydrogen-bond donors (Lipinski definition) is 1. The largest absolute Gasteiger partial charge is 0.306 e. The van der Waals surface area contributed by atoms with E-state index in [0.717, 1.165) is 0 Å². The first-order valence-electron chi connectivity index (χ1n) is 8.62. The molecule has 0 radical (unpaired) electrons. The monoisotopic (exact) mass is 430 g/mol. The van der Waals surface area contributed by atoms with Gasteiger partial charge in [0.05, 0.1) is 27.8 Å². The molecule has 0 spiro atoms. The first-order chi connectivity index (χ1) is 13.8. The molecule has 1 unspecified atom stereocenters. The zero-order valence-corrected chi connectivity index (χ0v) is 16.8. The van der Waals surface area contributed by atoms with Crippen molar-refractivity contribution in [2.75, 3.05) is 5.32 Å². The van der Waals surface area contributed by atoms with Gasteiger partial charge in [0, 0.05) is 38.6 Å². The van der Waals surface area contributed by atoms with Gasteiger partial charge in [-0.2, -0.15) is 5.10 Å². The maximum absolute atomic E-state index is 13.0. The lowest BCUT2D eigenvalue weighted by atomic mass is 10.1. The predicted octanol–water partition coefficient (Wildman–Crippen LogP) is 3.76. The Labute approximate surface area is 173 Å². The number of nitro benzene ring substituents is 1. The van der Waals surface area contributed by atoms with Crippen LogP contribution in [0.1, 0.15) is 27.2 Å². The van der Waals surface area contributed by atoms with Crippen molar-refractivity contribution < 1.29 is 13.9 Å². The average molecular weight is 431 g/mol. The highest BCUT2D eigenvalue weighted by Crippen LogP contribution is 2.32. The van der Waals surface area contributed by atoms with Crippen LogP contribution in [0.15, 0.2) is 42.5 Å². The van der Waals surface area contributed by atoms with Crippen molar-refractivity contribution in [3.63, 3.8) is 0 Å². The number of halogens is 1. The van der Waals surface area contributed by atoms with Gasteiger partial charge < -0.3 is 5.32 Å². The van der Waals surface area contributed by atoms with Gasteiger partial charge in [0.1, 0.15) is 5.82 Å². The lowest BCUT2D eigenvalue weighted by Gasteiger charge is -2.12. The summed E-state index contributed by atoms with van der Waals surface area (Å²) in [6, 6.07) is 11.3. The van der Waals surface area contributed by atoms with Crippen molar-refractivity contribution in [3.8, 4) is 5.69 Å². The van der Waals surface area contributed by atoms with Crippen molar-refractivity contribution in [2.24, 2.45) is 0 Å². The Morgan fingerprint density at radius 3 is 2.76 bits per heavy atom. The van der Waals surface area contributed by atoms with Crippen LogP contribution >= 0.6 is 11.6 Å². The number of amides is 1. The molecule has 10 heteroatoms. The van der Waals surface area contributed by atoms with Gasteiger partial charge in [0.25, 0.3) is 11.6 Å². The maximum Gasteiger partial charge on any atom is 0.273 e. The number of rotatable bonds is 4. The molecular formula is C19H15ClN4O4S. The molecule has 0 bridgehead atoms. The van der Waals surface area contributed by atoms with E-state index in [2.05, 4.69) is 10.4 Å². The highest BCUT2D eigenvalue weighted by molar-refractivity contribution is 7.83. The molecular weight excluding hydrogens is 416 g/mol. The zero-order valence-electron chi connectivity index (χ0n) is 15.2. The summed E-state index contributed by atoms with van der Waals surface area (Å²) in [6.45, 7) is 1.53. The summed E-state index contributed by atoms with van der Waals surface area (Å²) in [5, 5.41) is 19.0. The molecule has 0 saturated heterocycles. The van der Waals surface area contributed by atoms with E-state index in [4.69, 9.17) is 11.6 Å². The average Bonchev–Trinajstić information content (AvgIpc) is 3.18. The topological polar surface area (TPSA) is 107 Å². The molecule has 3 aromatic rings. The molecule has 29 heavy (non-hydrogen) atoms. The molecule has 4 rings (SSSR count). The molecule has 2 heterocycles. The van der Waals surface area contributed by atoms with E-state index in [-0.39, 0.29) is 22.6 Å². The van der Waals surface area contributed by atoms with E-state index < -0.39 is 21.6 Å². The number of nitrogens with one attached hydrogen (secondary N) is 1. The fraction of sp³-hybridized carbons (Fsp3) is 0.158. The molecule has 0 fully saturated rings. The van der Waals surface area contributed by atoms with Crippen molar-refractivity contribution in [1.29, 1.82) is 0 Å². The van der Waals surface area contributed by atoms with Gasteiger partial charge in [0.2, 0.25) is 0 Å². The zero-order chi connectivity index (χ0) is 20.7. The van der Waals surface area contributed by atoms with Crippen LogP contribution in [-0.2, 0) is 22.3 Å². The molecule has 1 N–H and O–H groups in total. The van der Waals surface area contributed by atoms with Crippen LogP contribution in [0.2, 0.25) is 5.02 Å². The lowest BCUT2D eigenvalue weighted by molar-refractivity contribution is -0.385. The molecule has 1 amide bonds. The number of nitro groups is 1. The van der Waals surface area contributed by atoms with Gasteiger partial charge in [-0.1, -0.05) is 23.7 Å². The Hall–Kier alpha value is -3.04. The van der Waals surface area contributed by atoms with E-state index in [9.17, 15) is 19.1 Å². The summed E-state index contributed by atoms with van der Waals surface area (Å²) in [6.07, 6.45) is 0. The number of benzene rings is 2. The number of nitrogens with zero attached hydrogens (tertiary/aromatic N) is 3. The van der Waals surface area contributed by atoms with E-state index in [1.54, 1.807) is 28.9 Å². The number of carbonyl (C=O) groups is 1. The molecule has 0 saturated carbocycles. The van der Waals surface area contributed by atoms with Crippen LogP contribution in [0.25, 0.3) is 5.69 Å². The van der Waals surface area contributed by atoms with E-state index in [1.165, 1.54) is 25.1 Å². The minimum atomic E-state index is -1.08. The molecule has 0 aliphatic carbocycles. The Kier molecular flexibility index (Phi) is 4.93. The molecule has 1 aromatic heterocycles. The van der Waals surface area contributed by atoms with Crippen molar-refractivity contribution in [2.45, 2.75) is 18.4 Å². The van der Waals surface area contributed by atoms with Crippen molar-refractivity contribution in [1.82, 2.24) is 9.78 Å². The number of anilines is 1. The van der Waals surface area contributed by atoms with Crippen LogP contribution in [0, 0.1) is 17.0 Å². The van der Waals surface area contributed by atoms with Gasteiger partial charge in [-0.15, -0.1) is 0 Å². The first kappa shape index (κ1) is 19.3. The summed E-state index contributed by atoms with van der Waals surface area (Å²) >= 11 is 6.09. The molecule has 148 valence electrons. The van der Waals surface area contributed by atoms with Crippen LogP contribution in [0.4, 0.5) is 11.5 Å². The molecule has 1 atom stereocenters. The molecule has 2 aromatic carbocycles. The summed E-state index contributed by atoms with van der Waals surface area (Å²) in [4.78, 5) is 23.6. The van der Waals surface area contributed by atoms with Crippen LogP contribution in [0.3, 0.4) is 0 Å². The Balaban J connectivity index is 1.78. The number of carbonyl (C=O) groups excluding carboxylic acids is 1. The van der Waals surface area contributed by atoms with Crippen molar-refractivity contribution >= 4 is 39.8 Å². The van der Waals surface area contributed by atoms with Crippen molar-refractivity contribution in [3.05, 3.63) is 80.0 Å². The van der Waals surface area contributed by atoms with Gasteiger partial charge >= 0.3 is 0 Å². The maximum atomic E-state index is 13.0. The SMILES string of the molecule is Cc1c(C(=O)Nc2c3c(nn2-c2cccc(Cl)c2)CS(=O)C3)cccc1[N+](=O)[O-]. The summed E-state index contributed by atoms with van der Waals surface area (Å²) < 4.78 is 13.6. The normalized spacial score (nSPS) is 15.2. The van der Waals surface area contributed by atoms with Gasteiger partial charge in [0.15, 0.2) is 0 Å². The van der Waals surface area contributed by atoms with Gasteiger partial charge in [-0.25, -0.2) is 4.68 Å². The lowest BCUT2D eigenvalue weighted by Crippen LogP contribution is -2.18. The quantitative estimate of drug-likeness (QED) is 0.501. The second-order valence-electron chi connectivity index (χ2n) is 6.55. The number of fused-ring (bicyclic) bond motifs is 1. The van der Waals surface area contributed by atoms with E-state index >= 15 is 0 Å². The molecule has 1 aliphatic heterocycles. The first-order valence-corrected chi connectivity index (χ1v) is 10.5. The third-order valence-corrected chi connectivity index (χ3v) is 6.14. The van der Waals surface area contributed by atoms with Crippen LogP contribution in [-0.4, -0.2) is 24.8 Å². The highest BCUT2D eigenvalue weighted by atomic mass is 35.5. The summed E-state index contributed by atoms with van der Waals surface area (Å²) in [7, 11) is -1.08. The molecule has 8 nitrogen and oxygen atoms in total. The minimum Gasteiger partial charge on any atom is -0.306 e. The van der Waals surface area contributed by atoms with Gasteiger partial charge in [-0.05, 0) is 31.2 Å². The number of hydrogen-bond acceptors (Lipinski definition) is 5. The highest BCUT2D eigenvalue weighted by Gasteiger charge is 2.29. The third-order valence-electron chi connectivity index (χ3n) is 4.70. The Morgan fingerprint density at radius 2 is 2.03 bits per heavy atom.